The fourth-order valence-electron chi connectivity index (χ4n) is 2.31. The van der Waals surface area contributed by atoms with Crippen molar-refractivity contribution in [1.29, 1.82) is 0 Å². The van der Waals surface area contributed by atoms with Gasteiger partial charge in [0, 0.05) is 10.4 Å². The zero-order valence-electron chi connectivity index (χ0n) is 16.0. The quantitative estimate of drug-likeness (QED) is 0.492. The molecule has 0 atom stereocenters. The van der Waals surface area contributed by atoms with Gasteiger partial charge in [0.2, 0.25) is 0 Å². The predicted molar refractivity (Wildman–Crippen MR) is 106 cm³/mol. The summed E-state index contributed by atoms with van der Waals surface area (Å²) in [7, 11) is 0. The van der Waals surface area contributed by atoms with Crippen LogP contribution in [0.1, 0.15) is 54.4 Å². The van der Waals surface area contributed by atoms with Crippen LogP contribution in [0, 0.1) is 5.92 Å². The van der Waals surface area contributed by atoms with Gasteiger partial charge in [-0.1, -0.05) is 51.9 Å². The minimum Gasteiger partial charge on any atom is -0.494 e. The van der Waals surface area contributed by atoms with E-state index in [1.54, 1.807) is 11.9 Å². The summed E-state index contributed by atoms with van der Waals surface area (Å²) in [6, 6.07) is 6.58. The molecule has 0 unspecified atom stereocenters. The largest absolute Gasteiger partial charge is 0.494 e. The first-order valence-corrected chi connectivity index (χ1v) is 9.75. The first-order chi connectivity index (χ1) is 10.7. The Balaban J connectivity index is 2.88. The Labute approximate surface area is 148 Å². The molecule has 0 amide bonds. The van der Waals surface area contributed by atoms with Crippen LogP contribution in [0.5, 0.6) is 5.75 Å². The molecule has 0 aliphatic rings. The molecule has 1 N–H and O–H groups in total. The number of benzene rings is 1. The maximum Gasteiger partial charge on any atom is 0.174 e. The van der Waals surface area contributed by atoms with Crippen molar-refractivity contribution in [2.24, 2.45) is 5.92 Å². The van der Waals surface area contributed by atoms with Gasteiger partial charge in [-0.3, -0.25) is 4.72 Å². The monoisotopic (exact) mass is 335 g/mol. The minimum atomic E-state index is 0.0877. The summed E-state index contributed by atoms with van der Waals surface area (Å²) in [6.07, 6.45) is 3.53. The maximum absolute atomic E-state index is 5.94. The SMILES string of the molecule is CCCB(C)c1ccc(OCCC(C)C)cc1SNC(C)(C)C. The molecule has 0 aliphatic heterocycles. The maximum atomic E-state index is 5.94. The molecule has 1 aromatic carbocycles. The molecule has 0 spiro atoms. The second-order valence-electron chi connectivity index (χ2n) is 7.87. The van der Waals surface area contributed by atoms with Crippen molar-refractivity contribution in [3.8, 4) is 5.75 Å². The molecule has 130 valence electrons. The van der Waals surface area contributed by atoms with Crippen LogP contribution < -0.4 is 14.9 Å². The number of rotatable bonds is 9. The van der Waals surface area contributed by atoms with Crippen LogP contribution >= 0.6 is 11.9 Å². The van der Waals surface area contributed by atoms with E-state index in [-0.39, 0.29) is 5.54 Å². The van der Waals surface area contributed by atoms with Gasteiger partial charge in [0.05, 0.1) is 6.61 Å². The zero-order chi connectivity index (χ0) is 17.5. The minimum absolute atomic E-state index is 0.0877. The van der Waals surface area contributed by atoms with Gasteiger partial charge in [-0.05, 0) is 57.2 Å². The Morgan fingerprint density at radius 2 is 1.96 bits per heavy atom. The normalized spacial score (nSPS) is 11.8. The second kappa shape index (κ2) is 9.63. The number of ether oxygens (including phenoxy) is 1. The molecule has 1 aromatic rings. The van der Waals surface area contributed by atoms with Gasteiger partial charge in [-0.25, -0.2) is 0 Å². The van der Waals surface area contributed by atoms with Gasteiger partial charge in [-0.2, -0.15) is 0 Å². The van der Waals surface area contributed by atoms with E-state index in [1.165, 1.54) is 23.1 Å². The molecule has 0 saturated carbocycles. The summed E-state index contributed by atoms with van der Waals surface area (Å²) >= 11 is 1.73. The first kappa shape index (κ1) is 20.4. The summed E-state index contributed by atoms with van der Waals surface area (Å²) in [5.74, 6) is 1.66. The summed E-state index contributed by atoms with van der Waals surface area (Å²) in [6.45, 7) is 17.0. The number of nitrogens with one attached hydrogen (secondary N) is 1. The van der Waals surface area contributed by atoms with Crippen LogP contribution in [0.2, 0.25) is 13.1 Å². The van der Waals surface area contributed by atoms with E-state index in [0.29, 0.717) is 12.6 Å². The van der Waals surface area contributed by atoms with Crippen LogP contribution in [0.25, 0.3) is 0 Å². The van der Waals surface area contributed by atoms with E-state index in [1.807, 2.05) is 0 Å². The predicted octanol–water partition coefficient (Wildman–Crippen LogP) is 5.25. The third kappa shape index (κ3) is 8.17. The lowest BCUT2D eigenvalue weighted by Gasteiger charge is -2.22. The van der Waals surface area contributed by atoms with Crippen molar-refractivity contribution in [2.45, 2.75) is 78.0 Å². The molecule has 23 heavy (non-hydrogen) atoms. The molecule has 4 heteroatoms. The van der Waals surface area contributed by atoms with E-state index in [4.69, 9.17) is 4.74 Å². The lowest BCUT2D eigenvalue weighted by Crippen LogP contribution is -2.33. The van der Waals surface area contributed by atoms with Gasteiger partial charge in [0.15, 0.2) is 6.71 Å². The highest BCUT2D eigenvalue weighted by Gasteiger charge is 2.17. The smallest absolute Gasteiger partial charge is 0.174 e. The Morgan fingerprint density at radius 1 is 1.26 bits per heavy atom. The number of hydrogen-bond acceptors (Lipinski definition) is 3. The molecule has 0 bridgehead atoms. The molecule has 0 aliphatic carbocycles. The highest BCUT2D eigenvalue weighted by Crippen LogP contribution is 2.23. The van der Waals surface area contributed by atoms with Crippen molar-refractivity contribution >= 4 is 24.1 Å². The Morgan fingerprint density at radius 3 is 2.52 bits per heavy atom. The van der Waals surface area contributed by atoms with Crippen molar-refractivity contribution < 1.29 is 4.74 Å². The molecule has 0 saturated heterocycles. The first-order valence-electron chi connectivity index (χ1n) is 8.93. The van der Waals surface area contributed by atoms with E-state index in [0.717, 1.165) is 18.8 Å². The van der Waals surface area contributed by atoms with Crippen LogP contribution in [-0.4, -0.2) is 18.9 Å². The molecule has 1 rings (SSSR count). The van der Waals surface area contributed by atoms with Gasteiger partial charge < -0.3 is 4.74 Å². The summed E-state index contributed by atoms with van der Waals surface area (Å²) in [5.41, 5.74) is 1.51. The second-order valence-corrected chi connectivity index (χ2v) is 8.72. The van der Waals surface area contributed by atoms with Crippen LogP contribution in [0.3, 0.4) is 0 Å². The lowest BCUT2D eigenvalue weighted by molar-refractivity contribution is 0.289. The molecule has 0 aromatic heterocycles. The van der Waals surface area contributed by atoms with E-state index < -0.39 is 0 Å². The van der Waals surface area contributed by atoms with Crippen LogP contribution in [0.4, 0.5) is 0 Å². The average Bonchev–Trinajstić information content (AvgIpc) is 2.44. The van der Waals surface area contributed by atoms with Crippen molar-refractivity contribution in [1.82, 2.24) is 4.72 Å². The Hall–Kier alpha value is -0.605. The standard InChI is InChI=1S/C19H34BNOS/c1-8-12-20(7)17-10-9-16(22-13-11-15(2)3)14-18(17)23-21-19(4,5)6/h9-10,14-15,21H,8,11-13H2,1-7H3. The van der Waals surface area contributed by atoms with Crippen LogP contribution in [0.15, 0.2) is 23.1 Å². The van der Waals surface area contributed by atoms with E-state index in [2.05, 4.69) is 71.3 Å². The average molecular weight is 335 g/mol. The summed E-state index contributed by atoms with van der Waals surface area (Å²) < 4.78 is 9.48. The molecule has 0 radical (unpaired) electrons. The molecule has 2 nitrogen and oxygen atoms in total. The lowest BCUT2D eigenvalue weighted by atomic mass is 9.44. The highest BCUT2D eigenvalue weighted by molar-refractivity contribution is 7.97. The molecule has 0 fully saturated rings. The number of hydrogen-bond donors (Lipinski definition) is 1. The van der Waals surface area contributed by atoms with Crippen molar-refractivity contribution in [3.05, 3.63) is 18.2 Å². The summed E-state index contributed by atoms with van der Waals surface area (Å²) in [4.78, 5) is 1.29. The molecule has 0 heterocycles. The van der Waals surface area contributed by atoms with Gasteiger partial charge >= 0.3 is 0 Å². The van der Waals surface area contributed by atoms with E-state index >= 15 is 0 Å². The van der Waals surface area contributed by atoms with Crippen molar-refractivity contribution in [2.75, 3.05) is 6.61 Å². The highest BCUT2D eigenvalue weighted by atomic mass is 32.2. The van der Waals surface area contributed by atoms with E-state index in [9.17, 15) is 0 Å². The van der Waals surface area contributed by atoms with Gasteiger partial charge in [0.1, 0.15) is 5.75 Å². The van der Waals surface area contributed by atoms with Gasteiger partial charge in [-0.15, -0.1) is 0 Å². The third-order valence-electron chi connectivity index (χ3n) is 3.67. The fraction of sp³-hybridized carbons (Fsp3) is 0.684. The molecular formula is C19H34BNOS. The zero-order valence-corrected chi connectivity index (χ0v) is 16.8. The Bertz CT molecular complexity index is 471. The molecular weight excluding hydrogens is 301 g/mol. The summed E-state index contributed by atoms with van der Waals surface area (Å²) in [5, 5.41) is 0. The topological polar surface area (TPSA) is 21.3 Å². The third-order valence-corrected chi connectivity index (χ3v) is 4.96. The van der Waals surface area contributed by atoms with Gasteiger partial charge in [0.25, 0.3) is 0 Å². The fourth-order valence-corrected chi connectivity index (χ4v) is 3.29. The Kier molecular flexibility index (Phi) is 8.56. The van der Waals surface area contributed by atoms with Crippen LogP contribution in [-0.2, 0) is 0 Å². The van der Waals surface area contributed by atoms with Crippen molar-refractivity contribution in [3.63, 3.8) is 0 Å².